The van der Waals surface area contributed by atoms with Crippen molar-refractivity contribution in [3.05, 3.63) is 11.1 Å². The van der Waals surface area contributed by atoms with Crippen molar-refractivity contribution in [2.24, 2.45) is 0 Å². The van der Waals surface area contributed by atoms with E-state index in [9.17, 15) is 0 Å². The second-order valence-corrected chi connectivity index (χ2v) is 7.86. The van der Waals surface area contributed by atoms with Crippen molar-refractivity contribution in [3.8, 4) is 0 Å². The third-order valence-corrected chi connectivity index (χ3v) is 4.29. The Bertz CT molecular complexity index is 426. The molecule has 4 nitrogen and oxygen atoms in total. The largest absolute Gasteiger partial charge is 0.366 e. The van der Waals surface area contributed by atoms with E-state index in [4.69, 9.17) is 4.74 Å². The van der Waals surface area contributed by atoms with Crippen LogP contribution in [0.25, 0.3) is 0 Å². The van der Waals surface area contributed by atoms with Gasteiger partial charge in [0.25, 0.3) is 0 Å². The first-order chi connectivity index (χ1) is 9.31. The highest BCUT2D eigenvalue weighted by Gasteiger charge is 2.39. The molecule has 1 aliphatic rings. The molecule has 0 bridgehead atoms. The number of thiazole rings is 1. The Morgan fingerprint density at radius 3 is 2.55 bits per heavy atom. The number of hydrogen-bond donors (Lipinski definition) is 1. The molecule has 1 fully saturated rings. The van der Waals surface area contributed by atoms with Crippen molar-refractivity contribution in [2.75, 3.05) is 24.5 Å². The Hall–Kier alpha value is -0.650. The number of ether oxygens (including phenoxy) is 1. The number of nitrogens with zero attached hydrogens (tertiary/aromatic N) is 2. The van der Waals surface area contributed by atoms with Gasteiger partial charge in [0.15, 0.2) is 5.13 Å². The summed E-state index contributed by atoms with van der Waals surface area (Å²) in [5, 5.41) is 4.54. The number of anilines is 1. The number of nitrogens with one attached hydrogen (secondary N) is 1. The molecule has 0 radical (unpaired) electrons. The van der Waals surface area contributed by atoms with Gasteiger partial charge in [0.2, 0.25) is 0 Å². The van der Waals surface area contributed by atoms with Gasteiger partial charge in [-0.05, 0) is 40.7 Å². The summed E-state index contributed by atoms with van der Waals surface area (Å²) in [5.74, 6) is 0. The van der Waals surface area contributed by atoms with Crippen LogP contribution >= 0.6 is 11.3 Å². The van der Waals surface area contributed by atoms with Crippen molar-refractivity contribution < 1.29 is 4.74 Å². The van der Waals surface area contributed by atoms with Gasteiger partial charge in [-0.25, -0.2) is 4.98 Å². The van der Waals surface area contributed by atoms with Crippen LogP contribution in [-0.4, -0.2) is 35.8 Å². The molecule has 1 aromatic rings. The first kappa shape index (κ1) is 15.7. The Kier molecular flexibility index (Phi) is 4.72. The minimum absolute atomic E-state index is 0.131. The minimum Gasteiger partial charge on any atom is -0.366 e. The molecule has 5 heteroatoms. The maximum atomic E-state index is 6.12. The SMILES string of the molecule is CCCNCc1cnc(N2CC(C)(C)OC(C)(C)C2)s1. The maximum absolute atomic E-state index is 6.12. The summed E-state index contributed by atoms with van der Waals surface area (Å²) >= 11 is 1.79. The van der Waals surface area contributed by atoms with Crippen LogP contribution in [0.15, 0.2) is 6.20 Å². The van der Waals surface area contributed by atoms with Crippen LogP contribution < -0.4 is 10.2 Å². The monoisotopic (exact) mass is 297 g/mol. The Balaban J connectivity index is 2.03. The molecule has 2 rings (SSSR count). The normalized spacial score (nSPS) is 21.1. The van der Waals surface area contributed by atoms with Gasteiger partial charge in [0.05, 0.1) is 11.2 Å². The Labute approximate surface area is 126 Å². The van der Waals surface area contributed by atoms with E-state index in [2.05, 4.69) is 49.8 Å². The second kappa shape index (κ2) is 6.00. The molecule has 0 spiro atoms. The van der Waals surface area contributed by atoms with Gasteiger partial charge >= 0.3 is 0 Å². The van der Waals surface area contributed by atoms with Crippen molar-refractivity contribution in [1.82, 2.24) is 10.3 Å². The van der Waals surface area contributed by atoms with Crippen LogP contribution in [0.5, 0.6) is 0 Å². The van der Waals surface area contributed by atoms with Crippen LogP contribution in [0.3, 0.4) is 0 Å². The lowest BCUT2D eigenvalue weighted by Gasteiger charge is -2.47. The molecular weight excluding hydrogens is 270 g/mol. The van der Waals surface area contributed by atoms with E-state index in [0.717, 1.165) is 37.7 Å². The van der Waals surface area contributed by atoms with Gasteiger partial charge in [-0.2, -0.15) is 0 Å². The molecular formula is C15H27N3OS. The zero-order valence-electron chi connectivity index (χ0n) is 13.3. The van der Waals surface area contributed by atoms with E-state index in [1.165, 1.54) is 4.88 Å². The smallest absolute Gasteiger partial charge is 0.185 e. The molecule has 114 valence electrons. The van der Waals surface area contributed by atoms with Gasteiger partial charge in [0.1, 0.15) is 0 Å². The number of aromatic nitrogens is 1. The van der Waals surface area contributed by atoms with Gasteiger partial charge in [-0.15, -0.1) is 11.3 Å². The summed E-state index contributed by atoms with van der Waals surface area (Å²) in [7, 11) is 0. The van der Waals surface area contributed by atoms with E-state index in [1.54, 1.807) is 11.3 Å². The second-order valence-electron chi connectivity index (χ2n) is 6.76. The van der Waals surface area contributed by atoms with Crippen LogP contribution in [0, 0.1) is 0 Å². The summed E-state index contributed by atoms with van der Waals surface area (Å²) in [6.07, 6.45) is 3.16. The van der Waals surface area contributed by atoms with E-state index < -0.39 is 0 Å². The first-order valence-corrected chi connectivity index (χ1v) is 8.23. The Morgan fingerprint density at radius 1 is 1.30 bits per heavy atom. The van der Waals surface area contributed by atoms with Crippen molar-refractivity contribution in [2.45, 2.75) is 58.8 Å². The lowest BCUT2D eigenvalue weighted by molar-refractivity contribution is -0.133. The molecule has 0 atom stereocenters. The zero-order chi connectivity index (χ0) is 14.8. The predicted molar refractivity (Wildman–Crippen MR) is 85.6 cm³/mol. The van der Waals surface area contributed by atoms with Crippen LogP contribution in [0.2, 0.25) is 0 Å². The highest BCUT2D eigenvalue weighted by molar-refractivity contribution is 7.15. The standard InChI is InChI=1S/C15H27N3OS/c1-6-7-16-8-12-9-17-13(20-12)18-10-14(2,3)19-15(4,5)11-18/h9,16H,6-8,10-11H2,1-5H3. The highest BCUT2D eigenvalue weighted by Crippen LogP contribution is 2.33. The molecule has 0 unspecified atom stereocenters. The van der Waals surface area contributed by atoms with E-state index in [0.29, 0.717) is 0 Å². The number of morpholine rings is 1. The summed E-state index contributed by atoms with van der Waals surface area (Å²) < 4.78 is 6.12. The summed E-state index contributed by atoms with van der Waals surface area (Å²) in [6.45, 7) is 14.6. The minimum atomic E-state index is -0.131. The summed E-state index contributed by atoms with van der Waals surface area (Å²) in [5.41, 5.74) is -0.262. The van der Waals surface area contributed by atoms with Crippen molar-refractivity contribution in [3.63, 3.8) is 0 Å². The van der Waals surface area contributed by atoms with Gasteiger partial charge in [-0.3, -0.25) is 0 Å². The average molecular weight is 297 g/mol. The van der Waals surface area contributed by atoms with Crippen molar-refractivity contribution >= 4 is 16.5 Å². The van der Waals surface area contributed by atoms with Crippen LogP contribution in [0.4, 0.5) is 5.13 Å². The lowest BCUT2D eigenvalue weighted by Crippen LogP contribution is -2.57. The lowest BCUT2D eigenvalue weighted by atomic mass is 9.99. The fourth-order valence-electron chi connectivity index (χ4n) is 2.84. The fraction of sp³-hybridized carbons (Fsp3) is 0.800. The van der Waals surface area contributed by atoms with Crippen LogP contribution in [0.1, 0.15) is 45.9 Å². The molecule has 2 heterocycles. The van der Waals surface area contributed by atoms with E-state index in [-0.39, 0.29) is 11.2 Å². The topological polar surface area (TPSA) is 37.4 Å². The van der Waals surface area contributed by atoms with Gasteiger partial charge in [0, 0.05) is 30.7 Å². The molecule has 20 heavy (non-hydrogen) atoms. The third kappa shape index (κ3) is 4.17. The Morgan fingerprint density at radius 2 is 1.95 bits per heavy atom. The fourth-order valence-corrected chi connectivity index (χ4v) is 3.71. The number of hydrogen-bond acceptors (Lipinski definition) is 5. The molecule has 0 amide bonds. The molecule has 1 saturated heterocycles. The average Bonchev–Trinajstić information content (AvgIpc) is 2.74. The molecule has 0 aliphatic carbocycles. The predicted octanol–water partition coefficient (Wildman–Crippen LogP) is 3.04. The third-order valence-electron chi connectivity index (χ3n) is 3.23. The van der Waals surface area contributed by atoms with E-state index in [1.807, 2.05) is 6.20 Å². The van der Waals surface area contributed by atoms with Crippen molar-refractivity contribution in [1.29, 1.82) is 0 Å². The van der Waals surface area contributed by atoms with Gasteiger partial charge < -0.3 is 15.0 Å². The zero-order valence-corrected chi connectivity index (χ0v) is 14.1. The molecule has 1 aliphatic heterocycles. The quantitative estimate of drug-likeness (QED) is 0.848. The highest BCUT2D eigenvalue weighted by atomic mass is 32.1. The maximum Gasteiger partial charge on any atom is 0.185 e. The molecule has 0 saturated carbocycles. The van der Waals surface area contributed by atoms with Crippen LogP contribution in [-0.2, 0) is 11.3 Å². The van der Waals surface area contributed by atoms with Gasteiger partial charge in [-0.1, -0.05) is 6.92 Å². The summed E-state index contributed by atoms with van der Waals surface area (Å²) in [4.78, 5) is 8.26. The molecule has 0 aromatic carbocycles. The number of rotatable bonds is 5. The summed E-state index contributed by atoms with van der Waals surface area (Å²) in [6, 6.07) is 0. The first-order valence-electron chi connectivity index (χ1n) is 7.42. The molecule has 1 aromatic heterocycles. The molecule has 1 N–H and O–H groups in total. The van der Waals surface area contributed by atoms with E-state index >= 15 is 0 Å².